The van der Waals surface area contributed by atoms with Gasteiger partial charge in [-0.15, -0.1) is 0 Å². The number of nitrogens with zero attached hydrogens (tertiary/aromatic N) is 2. The number of ketones is 1. The number of aryl methyl sites for hydroxylation is 2. The zero-order valence-corrected chi connectivity index (χ0v) is 17.4. The van der Waals surface area contributed by atoms with Crippen LogP contribution in [0.3, 0.4) is 0 Å². The van der Waals surface area contributed by atoms with Crippen LogP contribution in [0.2, 0.25) is 0 Å². The Hall–Kier alpha value is -2.16. The van der Waals surface area contributed by atoms with Crippen LogP contribution in [0.15, 0.2) is 35.2 Å². The molecule has 1 aliphatic rings. The first kappa shape index (κ1) is 20.6. The molecule has 1 aliphatic heterocycles. The Morgan fingerprint density at radius 1 is 1.11 bits per heavy atom. The van der Waals surface area contributed by atoms with Crippen molar-refractivity contribution in [1.29, 1.82) is 0 Å². The van der Waals surface area contributed by atoms with Crippen LogP contribution in [0.25, 0.3) is 0 Å². The van der Waals surface area contributed by atoms with E-state index in [9.17, 15) is 13.2 Å². The van der Waals surface area contributed by atoms with Gasteiger partial charge in [-0.1, -0.05) is 0 Å². The van der Waals surface area contributed by atoms with E-state index < -0.39 is 10.0 Å². The predicted molar refractivity (Wildman–Crippen MR) is 107 cm³/mol. The van der Waals surface area contributed by atoms with E-state index in [0.29, 0.717) is 50.6 Å². The summed E-state index contributed by atoms with van der Waals surface area (Å²) in [4.78, 5) is 17.9. The lowest BCUT2D eigenvalue weighted by molar-refractivity contribution is 0.0901. The molecule has 0 bridgehead atoms. The molecule has 2 aromatic rings. The molecule has 3 rings (SSSR count). The molecular formula is C20H27N3O4S. The molecular weight excluding hydrogens is 378 g/mol. The van der Waals surface area contributed by atoms with E-state index in [1.807, 2.05) is 31.7 Å². The van der Waals surface area contributed by atoms with Crippen molar-refractivity contribution in [2.75, 3.05) is 39.3 Å². The summed E-state index contributed by atoms with van der Waals surface area (Å²) < 4.78 is 32.5. The molecule has 0 aliphatic carbocycles. The van der Waals surface area contributed by atoms with Gasteiger partial charge in [0.05, 0.1) is 18.0 Å². The third-order valence-electron chi connectivity index (χ3n) is 4.92. The summed E-state index contributed by atoms with van der Waals surface area (Å²) in [7, 11) is -3.54. The smallest absolute Gasteiger partial charge is 0.243 e. The SMILES string of the molecule is CCOc1ccc(S(=O)(=O)N2CCN(CC(=O)c3cc(C)[nH]c3C)CC2)cc1. The molecule has 0 unspecified atom stereocenters. The van der Waals surface area contributed by atoms with E-state index in [4.69, 9.17) is 4.74 Å². The summed E-state index contributed by atoms with van der Waals surface area (Å²) in [6, 6.07) is 8.36. The molecule has 1 saturated heterocycles. The second kappa shape index (κ2) is 8.46. The highest BCUT2D eigenvalue weighted by atomic mass is 32.2. The van der Waals surface area contributed by atoms with Crippen molar-refractivity contribution in [2.45, 2.75) is 25.7 Å². The fourth-order valence-electron chi connectivity index (χ4n) is 3.45. The van der Waals surface area contributed by atoms with Gasteiger partial charge in [-0.25, -0.2) is 8.42 Å². The number of carbonyl (C=O) groups excluding carboxylic acids is 1. The number of ether oxygens (including phenoxy) is 1. The van der Waals surface area contributed by atoms with Crippen molar-refractivity contribution >= 4 is 15.8 Å². The minimum atomic E-state index is -3.54. The average molecular weight is 406 g/mol. The standard InChI is InChI=1S/C20H27N3O4S/c1-4-27-17-5-7-18(8-6-17)28(25,26)23-11-9-22(10-12-23)14-20(24)19-13-15(2)21-16(19)3/h5-8,13,21H,4,9-12,14H2,1-3H3. The van der Waals surface area contributed by atoms with Gasteiger partial charge >= 0.3 is 0 Å². The van der Waals surface area contributed by atoms with Crippen LogP contribution in [0.4, 0.5) is 0 Å². The Kier molecular flexibility index (Phi) is 6.22. The Morgan fingerprint density at radius 3 is 2.29 bits per heavy atom. The van der Waals surface area contributed by atoms with Crippen LogP contribution >= 0.6 is 0 Å². The van der Waals surface area contributed by atoms with Crippen LogP contribution in [-0.2, 0) is 10.0 Å². The number of piperazine rings is 1. The molecule has 0 radical (unpaired) electrons. The molecule has 1 fully saturated rings. The van der Waals surface area contributed by atoms with E-state index in [1.165, 1.54) is 4.31 Å². The first-order valence-corrected chi connectivity index (χ1v) is 10.9. The molecule has 8 heteroatoms. The van der Waals surface area contributed by atoms with Gasteiger partial charge in [-0.2, -0.15) is 4.31 Å². The first-order chi connectivity index (χ1) is 13.3. The third kappa shape index (κ3) is 4.45. The van der Waals surface area contributed by atoms with E-state index in [2.05, 4.69) is 4.98 Å². The predicted octanol–water partition coefficient (Wildman–Crippen LogP) is 2.22. The Labute approximate surface area is 166 Å². The largest absolute Gasteiger partial charge is 0.494 e. The maximum Gasteiger partial charge on any atom is 0.243 e. The van der Waals surface area contributed by atoms with Gasteiger partial charge in [0.15, 0.2) is 5.78 Å². The van der Waals surface area contributed by atoms with Crippen molar-refractivity contribution in [3.8, 4) is 5.75 Å². The first-order valence-electron chi connectivity index (χ1n) is 9.46. The monoisotopic (exact) mass is 405 g/mol. The van der Waals surface area contributed by atoms with Crippen molar-refractivity contribution in [3.05, 3.63) is 47.3 Å². The number of sulfonamides is 1. The lowest BCUT2D eigenvalue weighted by Gasteiger charge is -2.33. The molecule has 1 aromatic carbocycles. The molecule has 152 valence electrons. The van der Waals surface area contributed by atoms with Gasteiger partial charge in [-0.05, 0) is 51.1 Å². The van der Waals surface area contributed by atoms with Crippen molar-refractivity contribution in [3.63, 3.8) is 0 Å². The van der Waals surface area contributed by atoms with Gasteiger partial charge in [0.1, 0.15) is 5.75 Å². The summed E-state index contributed by atoms with van der Waals surface area (Å²) in [6.07, 6.45) is 0. The van der Waals surface area contributed by atoms with Gasteiger partial charge in [0.25, 0.3) is 0 Å². The summed E-state index contributed by atoms with van der Waals surface area (Å²) in [5.74, 6) is 0.713. The molecule has 0 spiro atoms. The van der Waals surface area contributed by atoms with Gasteiger partial charge in [0.2, 0.25) is 10.0 Å². The molecule has 7 nitrogen and oxygen atoms in total. The van der Waals surface area contributed by atoms with Crippen molar-refractivity contribution in [1.82, 2.24) is 14.2 Å². The lowest BCUT2D eigenvalue weighted by Crippen LogP contribution is -2.49. The van der Waals surface area contributed by atoms with E-state index >= 15 is 0 Å². The average Bonchev–Trinajstić information content (AvgIpc) is 3.01. The molecule has 0 amide bonds. The summed E-state index contributed by atoms with van der Waals surface area (Å²) in [5, 5.41) is 0. The van der Waals surface area contributed by atoms with Gasteiger partial charge in [0, 0.05) is 43.1 Å². The molecule has 2 heterocycles. The highest BCUT2D eigenvalue weighted by Crippen LogP contribution is 2.21. The fourth-order valence-corrected chi connectivity index (χ4v) is 4.88. The zero-order valence-electron chi connectivity index (χ0n) is 16.6. The Morgan fingerprint density at radius 2 is 1.75 bits per heavy atom. The normalized spacial score (nSPS) is 16.2. The summed E-state index contributed by atoms with van der Waals surface area (Å²) in [6.45, 7) is 8.34. The van der Waals surface area contributed by atoms with E-state index in [-0.39, 0.29) is 10.7 Å². The molecule has 28 heavy (non-hydrogen) atoms. The number of aromatic nitrogens is 1. The molecule has 1 aromatic heterocycles. The molecule has 0 saturated carbocycles. The minimum Gasteiger partial charge on any atom is -0.494 e. The van der Waals surface area contributed by atoms with Crippen molar-refractivity contribution in [2.24, 2.45) is 0 Å². The van der Waals surface area contributed by atoms with E-state index in [0.717, 1.165) is 11.4 Å². The van der Waals surface area contributed by atoms with Crippen LogP contribution in [0, 0.1) is 13.8 Å². The zero-order chi connectivity index (χ0) is 20.3. The van der Waals surface area contributed by atoms with Crippen LogP contribution < -0.4 is 4.74 Å². The quantitative estimate of drug-likeness (QED) is 0.714. The number of rotatable bonds is 7. The highest BCUT2D eigenvalue weighted by molar-refractivity contribution is 7.89. The number of benzene rings is 1. The lowest BCUT2D eigenvalue weighted by atomic mass is 10.1. The second-order valence-electron chi connectivity index (χ2n) is 7.00. The number of nitrogens with one attached hydrogen (secondary N) is 1. The summed E-state index contributed by atoms with van der Waals surface area (Å²) in [5.41, 5.74) is 2.55. The Bertz CT molecular complexity index is 927. The van der Waals surface area contributed by atoms with Crippen LogP contribution in [-0.4, -0.2) is 67.7 Å². The number of Topliss-reactive ketones (excluding diaryl/α,β-unsaturated/α-hetero) is 1. The number of aromatic amines is 1. The number of carbonyl (C=O) groups is 1. The third-order valence-corrected chi connectivity index (χ3v) is 6.83. The summed E-state index contributed by atoms with van der Waals surface area (Å²) >= 11 is 0. The van der Waals surface area contributed by atoms with Crippen molar-refractivity contribution < 1.29 is 17.9 Å². The fraction of sp³-hybridized carbons (Fsp3) is 0.450. The minimum absolute atomic E-state index is 0.0599. The topological polar surface area (TPSA) is 82.7 Å². The maximum atomic E-state index is 12.8. The number of hydrogen-bond donors (Lipinski definition) is 1. The van der Waals surface area contributed by atoms with Gasteiger partial charge < -0.3 is 9.72 Å². The number of H-pyrrole nitrogens is 1. The Balaban J connectivity index is 1.59. The second-order valence-corrected chi connectivity index (χ2v) is 8.94. The van der Waals surface area contributed by atoms with Gasteiger partial charge in [-0.3, -0.25) is 9.69 Å². The van der Waals surface area contributed by atoms with Crippen LogP contribution in [0.5, 0.6) is 5.75 Å². The van der Waals surface area contributed by atoms with E-state index in [1.54, 1.807) is 24.3 Å². The number of hydrogen-bond acceptors (Lipinski definition) is 5. The maximum absolute atomic E-state index is 12.8. The highest BCUT2D eigenvalue weighted by Gasteiger charge is 2.29. The van der Waals surface area contributed by atoms with Crippen LogP contribution in [0.1, 0.15) is 28.7 Å². The molecule has 0 atom stereocenters. The molecule has 1 N–H and O–H groups in total.